The number of ether oxygens (including phenoxy) is 1. The van der Waals surface area contributed by atoms with Crippen molar-refractivity contribution in [1.29, 1.82) is 0 Å². The molecule has 0 aliphatic heterocycles. The molecular formula is C17H21FN2O. The van der Waals surface area contributed by atoms with Crippen molar-refractivity contribution in [3.05, 3.63) is 59.9 Å². The molecule has 0 aliphatic carbocycles. The van der Waals surface area contributed by atoms with E-state index in [9.17, 15) is 4.39 Å². The Balaban J connectivity index is 1.68. The summed E-state index contributed by atoms with van der Waals surface area (Å²) < 4.78 is 19.2. The Morgan fingerprint density at radius 2 is 1.81 bits per heavy atom. The second kappa shape index (κ2) is 7.64. The average molecular weight is 288 g/mol. The number of nitrogen functional groups attached to an aromatic ring is 1. The van der Waals surface area contributed by atoms with Crippen LogP contribution in [0.15, 0.2) is 48.5 Å². The van der Waals surface area contributed by atoms with Crippen molar-refractivity contribution in [2.45, 2.75) is 13.0 Å². The molecule has 0 aromatic heterocycles. The van der Waals surface area contributed by atoms with E-state index in [2.05, 4.69) is 4.90 Å². The van der Waals surface area contributed by atoms with E-state index in [1.807, 2.05) is 43.4 Å². The van der Waals surface area contributed by atoms with E-state index >= 15 is 0 Å². The van der Waals surface area contributed by atoms with Gasteiger partial charge in [0.05, 0.1) is 6.61 Å². The molecule has 0 bridgehead atoms. The van der Waals surface area contributed by atoms with Crippen molar-refractivity contribution in [3.8, 4) is 5.75 Å². The highest BCUT2D eigenvalue weighted by Gasteiger charge is 2.04. The fourth-order valence-corrected chi connectivity index (χ4v) is 2.09. The highest BCUT2D eigenvalue weighted by atomic mass is 19.1. The number of hydrogen-bond donors (Lipinski definition) is 1. The largest absolute Gasteiger partial charge is 0.494 e. The van der Waals surface area contributed by atoms with Gasteiger partial charge in [-0.15, -0.1) is 0 Å². The predicted octanol–water partition coefficient (Wildman–Crippen LogP) is 3.31. The maximum absolute atomic E-state index is 13.5. The third-order valence-electron chi connectivity index (χ3n) is 3.23. The van der Waals surface area contributed by atoms with Crippen molar-refractivity contribution < 1.29 is 9.13 Å². The molecule has 0 atom stereocenters. The van der Waals surface area contributed by atoms with Crippen LogP contribution in [0.4, 0.5) is 10.1 Å². The maximum atomic E-state index is 13.5. The molecule has 21 heavy (non-hydrogen) atoms. The van der Waals surface area contributed by atoms with Gasteiger partial charge in [0.15, 0.2) is 0 Å². The lowest BCUT2D eigenvalue weighted by Gasteiger charge is -2.17. The highest BCUT2D eigenvalue weighted by molar-refractivity contribution is 5.41. The summed E-state index contributed by atoms with van der Waals surface area (Å²) in [4.78, 5) is 2.09. The molecule has 112 valence electrons. The van der Waals surface area contributed by atoms with Crippen LogP contribution in [0.25, 0.3) is 0 Å². The molecule has 0 heterocycles. The third kappa shape index (κ3) is 5.08. The molecular weight excluding hydrogens is 267 g/mol. The minimum absolute atomic E-state index is 0.150. The monoisotopic (exact) mass is 288 g/mol. The standard InChI is InChI=1S/C17H21FN2O/c1-20(13-14-5-2-3-6-17(14)18)11-4-12-21-16-9-7-15(19)8-10-16/h2-3,5-10H,4,11-13,19H2,1H3. The fourth-order valence-electron chi connectivity index (χ4n) is 2.09. The quantitative estimate of drug-likeness (QED) is 0.627. The molecule has 0 radical (unpaired) electrons. The summed E-state index contributed by atoms with van der Waals surface area (Å²) in [5, 5.41) is 0. The summed E-state index contributed by atoms with van der Waals surface area (Å²) in [6.45, 7) is 2.09. The minimum Gasteiger partial charge on any atom is -0.494 e. The Hall–Kier alpha value is -2.07. The summed E-state index contributed by atoms with van der Waals surface area (Å²) in [7, 11) is 1.98. The van der Waals surface area contributed by atoms with Crippen LogP contribution in [0, 0.1) is 5.82 Å². The van der Waals surface area contributed by atoms with Gasteiger partial charge in [0.1, 0.15) is 11.6 Å². The molecule has 2 N–H and O–H groups in total. The zero-order valence-corrected chi connectivity index (χ0v) is 12.3. The van der Waals surface area contributed by atoms with Crippen molar-refractivity contribution in [1.82, 2.24) is 4.90 Å². The molecule has 0 saturated heterocycles. The third-order valence-corrected chi connectivity index (χ3v) is 3.23. The molecule has 3 nitrogen and oxygen atoms in total. The van der Waals surface area contributed by atoms with Crippen LogP contribution in [0.1, 0.15) is 12.0 Å². The first kappa shape index (κ1) is 15.3. The molecule has 2 aromatic rings. The molecule has 2 rings (SSSR count). The number of rotatable bonds is 7. The maximum Gasteiger partial charge on any atom is 0.127 e. The molecule has 2 aromatic carbocycles. The van der Waals surface area contributed by atoms with Gasteiger partial charge in [-0.3, -0.25) is 0 Å². The summed E-state index contributed by atoms with van der Waals surface area (Å²) in [6.07, 6.45) is 0.884. The number of benzene rings is 2. The van der Waals surface area contributed by atoms with Gasteiger partial charge >= 0.3 is 0 Å². The van der Waals surface area contributed by atoms with Crippen LogP contribution in [0.3, 0.4) is 0 Å². The van der Waals surface area contributed by atoms with Crippen LogP contribution < -0.4 is 10.5 Å². The van der Waals surface area contributed by atoms with Crippen LogP contribution >= 0.6 is 0 Å². The second-order valence-electron chi connectivity index (χ2n) is 5.10. The molecule has 0 fully saturated rings. The van der Waals surface area contributed by atoms with E-state index in [4.69, 9.17) is 10.5 Å². The van der Waals surface area contributed by atoms with E-state index in [0.717, 1.165) is 30.0 Å². The van der Waals surface area contributed by atoms with Gasteiger partial charge in [-0.05, 0) is 43.8 Å². The van der Waals surface area contributed by atoms with Crippen molar-refractivity contribution in [2.75, 3.05) is 25.9 Å². The van der Waals surface area contributed by atoms with Crippen LogP contribution in [0.2, 0.25) is 0 Å². The van der Waals surface area contributed by atoms with E-state index in [1.54, 1.807) is 6.07 Å². The van der Waals surface area contributed by atoms with Crippen LogP contribution in [-0.2, 0) is 6.54 Å². The molecule has 0 spiro atoms. The molecule has 0 saturated carbocycles. The molecule has 0 aliphatic rings. The van der Waals surface area contributed by atoms with Gasteiger partial charge in [0.2, 0.25) is 0 Å². The van der Waals surface area contributed by atoms with E-state index in [1.165, 1.54) is 6.07 Å². The lowest BCUT2D eigenvalue weighted by atomic mass is 10.2. The topological polar surface area (TPSA) is 38.5 Å². The average Bonchev–Trinajstić information content (AvgIpc) is 2.48. The van der Waals surface area contributed by atoms with Gasteiger partial charge < -0.3 is 15.4 Å². The smallest absolute Gasteiger partial charge is 0.127 e. The number of anilines is 1. The molecule has 0 unspecified atom stereocenters. The highest BCUT2D eigenvalue weighted by Crippen LogP contribution is 2.13. The van der Waals surface area contributed by atoms with Crippen molar-refractivity contribution in [2.24, 2.45) is 0 Å². The van der Waals surface area contributed by atoms with Crippen molar-refractivity contribution >= 4 is 5.69 Å². The SMILES string of the molecule is CN(CCCOc1ccc(N)cc1)Cc1ccccc1F. The van der Waals surface area contributed by atoms with Crippen LogP contribution in [-0.4, -0.2) is 25.1 Å². The molecule has 4 heteroatoms. The van der Waals surface area contributed by atoms with Gasteiger partial charge in [0, 0.05) is 24.3 Å². The second-order valence-corrected chi connectivity index (χ2v) is 5.10. The Morgan fingerprint density at radius 1 is 1.10 bits per heavy atom. The van der Waals surface area contributed by atoms with Crippen molar-refractivity contribution in [3.63, 3.8) is 0 Å². The Bertz CT molecular complexity index is 557. The molecule has 0 amide bonds. The number of halogens is 1. The fraction of sp³-hybridized carbons (Fsp3) is 0.294. The van der Waals surface area contributed by atoms with E-state index in [-0.39, 0.29) is 5.82 Å². The van der Waals surface area contributed by atoms with Gasteiger partial charge in [-0.25, -0.2) is 4.39 Å². The predicted molar refractivity (Wildman–Crippen MR) is 83.7 cm³/mol. The minimum atomic E-state index is -0.150. The van der Waals surface area contributed by atoms with Gasteiger partial charge in [-0.1, -0.05) is 18.2 Å². The van der Waals surface area contributed by atoms with Crippen LogP contribution in [0.5, 0.6) is 5.75 Å². The zero-order chi connectivity index (χ0) is 15.1. The zero-order valence-electron chi connectivity index (χ0n) is 12.3. The Kier molecular flexibility index (Phi) is 5.58. The number of nitrogens with two attached hydrogens (primary N) is 1. The number of hydrogen-bond acceptors (Lipinski definition) is 3. The summed E-state index contributed by atoms with van der Waals surface area (Å²) in [5.41, 5.74) is 7.06. The Labute approximate surface area is 125 Å². The van der Waals surface area contributed by atoms with Gasteiger partial charge in [-0.2, -0.15) is 0 Å². The lowest BCUT2D eigenvalue weighted by Crippen LogP contribution is -2.21. The Morgan fingerprint density at radius 3 is 2.52 bits per heavy atom. The summed E-state index contributed by atoms with van der Waals surface area (Å²) in [5.74, 6) is 0.670. The first-order valence-corrected chi connectivity index (χ1v) is 7.05. The summed E-state index contributed by atoms with van der Waals surface area (Å²) in [6, 6.07) is 14.2. The summed E-state index contributed by atoms with van der Waals surface area (Å²) >= 11 is 0. The lowest BCUT2D eigenvalue weighted by molar-refractivity contribution is 0.257. The number of nitrogens with zero attached hydrogens (tertiary/aromatic N) is 1. The van der Waals surface area contributed by atoms with Gasteiger partial charge in [0.25, 0.3) is 0 Å². The normalized spacial score (nSPS) is 10.8. The first-order chi connectivity index (χ1) is 10.1. The first-order valence-electron chi connectivity index (χ1n) is 7.05. The van der Waals surface area contributed by atoms with E-state index in [0.29, 0.717) is 13.2 Å². The van der Waals surface area contributed by atoms with E-state index < -0.39 is 0 Å².